The molecule has 104 valence electrons. The van der Waals surface area contributed by atoms with E-state index < -0.39 is 29.7 Å². The van der Waals surface area contributed by atoms with Crippen molar-refractivity contribution < 1.29 is 19.4 Å². The van der Waals surface area contributed by atoms with Crippen LogP contribution in [0.25, 0.3) is 0 Å². The van der Waals surface area contributed by atoms with Gasteiger partial charge in [-0.25, -0.2) is 4.79 Å². The van der Waals surface area contributed by atoms with E-state index in [-0.39, 0.29) is 0 Å². The first kappa shape index (κ1) is 14.9. The molecule has 0 aromatic rings. The van der Waals surface area contributed by atoms with Crippen LogP contribution in [0.1, 0.15) is 34.1 Å². The van der Waals surface area contributed by atoms with E-state index in [4.69, 9.17) is 4.74 Å². The zero-order chi connectivity index (χ0) is 13.9. The number of hydrogen-bond donors (Lipinski definition) is 2. The first-order valence-electron chi connectivity index (χ1n) is 6.21. The molecule has 0 saturated carbocycles. The molecule has 0 radical (unpaired) electrons. The lowest BCUT2D eigenvalue weighted by Crippen LogP contribution is -2.61. The van der Waals surface area contributed by atoms with Crippen LogP contribution in [0.2, 0.25) is 0 Å². The number of aliphatic hydroxyl groups is 1. The Morgan fingerprint density at radius 2 is 2.22 bits per heavy atom. The molecule has 1 amide bonds. The average Bonchev–Trinajstić information content (AvgIpc) is 2.26. The van der Waals surface area contributed by atoms with E-state index in [0.717, 1.165) is 0 Å². The van der Waals surface area contributed by atoms with Gasteiger partial charge in [-0.05, 0) is 27.2 Å². The average molecular weight is 258 g/mol. The lowest BCUT2D eigenvalue weighted by molar-refractivity contribution is -0.166. The highest BCUT2D eigenvalue weighted by Crippen LogP contribution is 2.13. The minimum Gasteiger partial charge on any atom is -0.458 e. The molecule has 2 unspecified atom stereocenters. The summed E-state index contributed by atoms with van der Waals surface area (Å²) >= 11 is 0. The summed E-state index contributed by atoms with van der Waals surface area (Å²) in [5.41, 5.74) is -0.634. The van der Waals surface area contributed by atoms with Crippen LogP contribution < -0.4 is 5.32 Å². The molecule has 6 nitrogen and oxygen atoms in total. The largest absolute Gasteiger partial charge is 0.458 e. The van der Waals surface area contributed by atoms with Crippen molar-refractivity contribution in [1.29, 1.82) is 0 Å². The van der Waals surface area contributed by atoms with Gasteiger partial charge in [-0.1, -0.05) is 6.92 Å². The molecule has 0 aliphatic carbocycles. The number of hydrogen-bond acceptors (Lipinski definition) is 5. The Balaban J connectivity index is 2.72. The Labute approximate surface area is 107 Å². The monoisotopic (exact) mass is 258 g/mol. The third kappa shape index (κ3) is 3.68. The molecule has 2 N–H and O–H groups in total. The first-order valence-corrected chi connectivity index (χ1v) is 6.21. The van der Waals surface area contributed by atoms with Crippen molar-refractivity contribution in [3.8, 4) is 0 Å². The third-order valence-corrected chi connectivity index (χ3v) is 2.60. The molecule has 0 aromatic carbocycles. The summed E-state index contributed by atoms with van der Waals surface area (Å²) in [4.78, 5) is 25.2. The lowest BCUT2D eigenvalue weighted by Gasteiger charge is -2.35. The Morgan fingerprint density at radius 3 is 2.72 bits per heavy atom. The highest BCUT2D eigenvalue weighted by atomic mass is 16.6. The van der Waals surface area contributed by atoms with Crippen LogP contribution in [0.15, 0.2) is 0 Å². The molecule has 1 rings (SSSR count). The second kappa shape index (κ2) is 5.67. The van der Waals surface area contributed by atoms with E-state index in [1.165, 1.54) is 4.90 Å². The fraction of sp³-hybridized carbons (Fsp3) is 0.833. The van der Waals surface area contributed by atoms with Gasteiger partial charge in [0.25, 0.3) is 5.91 Å². The molecule has 0 aromatic heterocycles. The zero-order valence-electron chi connectivity index (χ0n) is 11.4. The summed E-state index contributed by atoms with van der Waals surface area (Å²) in [6.07, 6.45) is -0.406. The summed E-state index contributed by atoms with van der Waals surface area (Å²) in [6.45, 7) is 7.88. The smallest absolute Gasteiger partial charge is 0.333 e. The second-order valence-corrected chi connectivity index (χ2v) is 5.34. The van der Waals surface area contributed by atoms with Crippen LogP contribution in [0.3, 0.4) is 0 Å². The van der Waals surface area contributed by atoms with Gasteiger partial charge in [0, 0.05) is 13.1 Å². The molecule has 0 spiro atoms. The number of rotatable bonds is 3. The van der Waals surface area contributed by atoms with Crippen molar-refractivity contribution in [3.63, 3.8) is 0 Å². The highest BCUT2D eigenvalue weighted by Gasteiger charge is 2.38. The molecule has 6 heteroatoms. The van der Waals surface area contributed by atoms with Crippen molar-refractivity contribution in [1.82, 2.24) is 10.2 Å². The first-order chi connectivity index (χ1) is 8.26. The number of ether oxygens (including phenoxy) is 1. The van der Waals surface area contributed by atoms with E-state index >= 15 is 0 Å². The van der Waals surface area contributed by atoms with E-state index in [9.17, 15) is 14.7 Å². The maximum absolute atomic E-state index is 12.1. The normalized spacial score (nSPS) is 22.8. The SMILES string of the molecule is CCC(O)N1CCNC(C(=O)OC(C)(C)C)C1=O. The van der Waals surface area contributed by atoms with Crippen LogP contribution in [0, 0.1) is 0 Å². The number of amides is 1. The van der Waals surface area contributed by atoms with E-state index in [1.807, 2.05) is 0 Å². The van der Waals surface area contributed by atoms with Gasteiger partial charge in [0.1, 0.15) is 11.8 Å². The quantitative estimate of drug-likeness (QED) is 0.544. The molecule has 1 fully saturated rings. The zero-order valence-corrected chi connectivity index (χ0v) is 11.4. The maximum Gasteiger partial charge on any atom is 0.333 e. The third-order valence-electron chi connectivity index (χ3n) is 2.60. The van der Waals surface area contributed by atoms with Crippen LogP contribution in [-0.2, 0) is 14.3 Å². The lowest BCUT2D eigenvalue weighted by atomic mass is 10.1. The van der Waals surface area contributed by atoms with Gasteiger partial charge < -0.3 is 14.7 Å². The fourth-order valence-corrected chi connectivity index (χ4v) is 1.75. The van der Waals surface area contributed by atoms with Crippen LogP contribution in [0.5, 0.6) is 0 Å². The predicted octanol–water partition coefficient (Wildman–Crippen LogP) is -0.143. The molecule has 1 saturated heterocycles. The topological polar surface area (TPSA) is 78.9 Å². The van der Waals surface area contributed by atoms with E-state index in [1.54, 1.807) is 27.7 Å². The van der Waals surface area contributed by atoms with Gasteiger partial charge in [0.05, 0.1) is 0 Å². The van der Waals surface area contributed by atoms with Crippen molar-refractivity contribution in [3.05, 3.63) is 0 Å². The number of carbonyl (C=O) groups excluding carboxylic acids is 2. The Kier molecular flexibility index (Phi) is 4.70. The van der Waals surface area contributed by atoms with Crippen molar-refractivity contribution in [2.24, 2.45) is 0 Å². The van der Waals surface area contributed by atoms with Crippen LogP contribution in [0.4, 0.5) is 0 Å². The molecule has 0 bridgehead atoms. The van der Waals surface area contributed by atoms with Gasteiger partial charge in [-0.15, -0.1) is 0 Å². The molecule has 1 heterocycles. The summed E-state index contributed by atoms with van der Waals surface area (Å²) < 4.78 is 5.18. The van der Waals surface area contributed by atoms with E-state index in [0.29, 0.717) is 19.5 Å². The minimum atomic E-state index is -1.01. The second-order valence-electron chi connectivity index (χ2n) is 5.34. The van der Waals surface area contributed by atoms with Gasteiger partial charge in [-0.3, -0.25) is 10.1 Å². The molecule has 18 heavy (non-hydrogen) atoms. The highest BCUT2D eigenvalue weighted by molar-refractivity contribution is 6.02. The van der Waals surface area contributed by atoms with Gasteiger partial charge in [0.2, 0.25) is 0 Å². The maximum atomic E-state index is 12.1. The predicted molar refractivity (Wildman–Crippen MR) is 65.6 cm³/mol. The summed E-state index contributed by atoms with van der Waals surface area (Å²) in [7, 11) is 0. The van der Waals surface area contributed by atoms with Gasteiger partial charge in [-0.2, -0.15) is 0 Å². The molecular formula is C12H22N2O4. The Morgan fingerprint density at radius 1 is 1.61 bits per heavy atom. The minimum absolute atomic E-state index is 0.396. The van der Waals surface area contributed by atoms with E-state index in [2.05, 4.69) is 5.32 Å². The molecular weight excluding hydrogens is 236 g/mol. The number of aliphatic hydroxyl groups excluding tert-OH is 1. The number of piperazine rings is 1. The standard InChI is InChI=1S/C12H22N2O4/c1-5-8(15)14-7-6-13-9(10(14)16)11(17)18-12(2,3)4/h8-9,13,15H,5-7H2,1-4H3. The van der Waals surface area contributed by atoms with Gasteiger partial charge in [0.15, 0.2) is 6.04 Å². The van der Waals surface area contributed by atoms with Crippen LogP contribution in [-0.4, -0.2) is 52.8 Å². The van der Waals surface area contributed by atoms with Crippen molar-refractivity contribution >= 4 is 11.9 Å². The van der Waals surface area contributed by atoms with Crippen molar-refractivity contribution in [2.45, 2.75) is 52.0 Å². The molecule has 1 aliphatic heterocycles. The van der Waals surface area contributed by atoms with Gasteiger partial charge >= 0.3 is 5.97 Å². The molecule has 1 aliphatic rings. The number of nitrogens with zero attached hydrogens (tertiary/aromatic N) is 1. The summed E-state index contributed by atoms with van der Waals surface area (Å²) in [5.74, 6) is -1.02. The Bertz CT molecular complexity index is 325. The number of esters is 1. The molecule has 2 atom stereocenters. The number of carbonyl (C=O) groups is 2. The van der Waals surface area contributed by atoms with Crippen molar-refractivity contribution in [2.75, 3.05) is 13.1 Å². The number of nitrogens with one attached hydrogen (secondary N) is 1. The fourth-order valence-electron chi connectivity index (χ4n) is 1.75. The van der Waals surface area contributed by atoms with Crippen LogP contribution >= 0.6 is 0 Å². The summed E-state index contributed by atoms with van der Waals surface area (Å²) in [5, 5.41) is 12.5. The Hall–Kier alpha value is -1.14. The summed E-state index contributed by atoms with van der Waals surface area (Å²) in [6, 6.07) is -1.01.